The summed E-state index contributed by atoms with van der Waals surface area (Å²) < 4.78 is 5.56. The summed E-state index contributed by atoms with van der Waals surface area (Å²) in [5, 5.41) is 11.8. The first-order valence-electron chi connectivity index (χ1n) is 8.50. The topological polar surface area (TPSA) is 96.6 Å². The number of carboxylic acids is 1. The van der Waals surface area contributed by atoms with Crippen LogP contribution in [0.4, 0.5) is 0 Å². The summed E-state index contributed by atoms with van der Waals surface area (Å²) >= 11 is 0. The molecule has 1 heterocycles. The molecule has 0 spiro atoms. The van der Waals surface area contributed by atoms with Crippen molar-refractivity contribution < 1.29 is 23.9 Å². The van der Waals surface area contributed by atoms with E-state index >= 15 is 0 Å². The summed E-state index contributed by atoms with van der Waals surface area (Å²) in [5.74, 6) is -1.19. The number of carbonyl (C=O) groups is 3. The molecule has 1 amide bonds. The molecule has 1 aromatic carbocycles. The van der Waals surface area contributed by atoms with Crippen molar-refractivity contribution in [3.05, 3.63) is 47.7 Å². The molecule has 138 valence electrons. The molecule has 0 saturated carbocycles. The van der Waals surface area contributed by atoms with Gasteiger partial charge in [0.25, 0.3) is 5.91 Å². The van der Waals surface area contributed by atoms with Gasteiger partial charge in [0.15, 0.2) is 11.5 Å². The van der Waals surface area contributed by atoms with Crippen molar-refractivity contribution in [3.8, 4) is 11.3 Å². The second-order valence-electron chi connectivity index (χ2n) is 6.67. The first kappa shape index (κ1) is 19.4. The summed E-state index contributed by atoms with van der Waals surface area (Å²) in [5.41, 5.74) is 1.35. The van der Waals surface area contributed by atoms with E-state index in [1.165, 1.54) is 6.92 Å². The fourth-order valence-corrected chi connectivity index (χ4v) is 2.63. The van der Waals surface area contributed by atoms with E-state index in [0.717, 1.165) is 5.56 Å². The Morgan fingerprint density at radius 3 is 2.27 bits per heavy atom. The number of Topliss-reactive ketones (excluding diaryl/α,β-unsaturated/α-hetero) is 1. The Morgan fingerprint density at radius 1 is 1.08 bits per heavy atom. The summed E-state index contributed by atoms with van der Waals surface area (Å²) in [6.45, 7) is 5.42. The van der Waals surface area contributed by atoms with E-state index in [2.05, 4.69) is 5.32 Å². The Balaban J connectivity index is 2.03. The minimum atomic E-state index is -0.926. The minimum Gasteiger partial charge on any atom is -0.481 e. The number of carbonyl (C=O) groups excluding carboxylic acids is 2. The lowest BCUT2D eigenvalue weighted by atomic mass is 9.97. The number of hydrogen-bond acceptors (Lipinski definition) is 4. The van der Waals surface area contributed by atoms with Gasteiger partial charge in [-0.25, -0.2) is 0 Å². The van der Waals surface area contributed by atoms with E-state index in [1.807, 2.05) is 13.8 Å². The lowest BCUT2D eigenvalue weighted by Crippen LogP contribution is -2.33. The highest BCUT2D eigenvalue weighted by Gasteiger charge is 2.21. The number of hydrogen-bond donors (Lipinski definition) is 2. The lowest BCUT2D eigenvalue weighted by Gasteiger charge is -2.14. The van der Waals surface area contributed by atoms with E-state index in [4.69, 9.17) is 4.42 Å². The number of furan rings is 1. The van der Waals surface area contributed by atoms with Gasteiger partial charge in [-0.1, -0.05) is 38.1 Å². The van der Waals surface area contributed by atoms with Gasteiger partial charge in [0.2, 0.25) is 0 Å². The average Bonchev–Trinajstić information content (AvgIpc) is 3.08. The number of benzene rings is 1. The van der Waals surface area contributed by atoms with Crippen molar-refractivity contribution in [1.82, 2.24) is 5.32 Å². The van der Waals surface area contributed by atoms with Gasteiger partial charge in [0.05, 0.1) is 5.92 Å². The molecule has 0 bridgehead atoms. The molecule has 0 saturated heterocycles. The zero-order valence-electron chi connectivity index (χ0n) is 15.1. The van der Waals surface area contributed by atoms with Gasteiger partial charge in [-0.2, -0.15) is 0 Å². The highest BCUT2D eigenvalue weighted by molar-refractivity contribution is 5.94. The van der Waals surface area contributed by atoms with Crippen LogP contribution in [0.3, 0.4) is 0 Å². The Hall–Kier alpha value is -2.89. The standard InChI is InChI=1S/C20H23NO5/c1-12(2)10-16(20(24)25)11-21-19(23)18-9-8-17(26-18)15-6-4-14(5-7-15)13(3)22/h4-9,12,16H,10-11H2,1-3H3,(H,21,23)(H,24,25). The Kier molecular flexibility index (Phi) is 6.33. The Morgan fingerprint density at radius 2 is 1.73 bits per heavy atom. The maximum Gasteiger partial charge on any atom is 0.308 e. The molecule has 1 unspecified atom stereocenters. The molecule has 0 aliphatic carbocycles. The molecule has 0 aliphatic heterocycles. The second-order valence-corrected chi connectivity index (χ2v) is 6.67. The number of carboxylic acid groups (broad SMARTS) is 1. The fourth-order valence-electron chi connectivity index (χ4n) is 2.63. The van der Waals surface area contributed by atoms with Gasteiger partial charge in [-0.15, -0.1) is 0 Å². The maximum absolute atomic E-state index is 12.2. The zero-order chi connectivity index (χ0) is 19.3. The van der Waals surface area contributed by atoms with Gasteiger partial charge in [0.1, 0.15) is 5.76 Å². The SMILES string of the molecule is CC(=O)c1ccc(-c2ccc(C(=O)NCC(CC(C)C)C(=O)O)o2)cc1. The summed E-state index contributed by atoms with van der Waals surface area (Å²) in [6, 6.07) is 10.1. The number of nitrogens with one attached hydrogen (secondary N) is 1. The molecule has 2 rings (SSSR count). The van der Waals surface area contributed by atoms with Gasteiger partial charge in [-0.05, 0) is 31.4 Å². The normalized spacial score (nSPS) is 12.0. The third-order valence-corrected chi connectivity index (χ3v) is 4.02. The van der Waals surface area contributed by atoms with Crippen LogP contribution in [0.2, 0.25) is 0 Å². The predicted molar refractivity (Wildman–Crippen MR) is 97.1 cm³/mol. The van der Waals surface area contributed by atoms with Crippen molar-refractivity contribution in [2.24, 2.45) is 11.8 Å². The van der Waals surface area contributed by atoms with Crippen molar-refractivity contribution in [2.45, 2.75) is 27.2 Å². The van der Waals surface area contributed by atoms with Crippen molar-refractivity contribution in [3.63, 3.8) is 0 Å². The minimum absolute atomic E-state index is 0.0227. The zero-order valence-corrected chi connectivity index (χ0v) is 15.1. The Labute approximate surface area is 152 Å². The molecule has 2 aromatic rings. The molecule has 0 fully saturated rings. The van der Waals surface area contributed by atoms with E-state index < -0.39 is 17.8 Å². The first-order valence-corrected chi connectivity index (χ1v) is 8.50. The van der Waals surface area contributed by atoms with E-state index in [1.54, 1.807) is 36.4 Å². The van der Waals surface area contributed by atoms with E-state index in [9.17, 15) is 19.5 Å². The van der Waals surface area contributed by atoms with Crippen LogP contribution in [-0.2, 0) is 4.79 Å². The van der Waals surface area contributed by atoms with Gasteiger partial charge in [-0.3, -0.25) is 14.4 Å². The fraction of sp³-hybridized carbons (Fsp3) is 0.350. The van der Waals surface area contributed by atoms with Crippen molar-refractivity contribution >= 4 is 17.7 Å². The number of rotatable bonds is 8. The van der Waals surface area contributed by atoms with Crippen LogP contribution in [0.25, 0.3) is 11.3 Å². The number of ketones is 1. The van der Waals surface area contributed by atoms with Crippen LogP contribution >= 0.6 is 0 Å². The molecule has 0 radical (unpaired) electrons. The predicted octanol–water partition coefficient (Wildman–Crippen LogP) is 3.63. The number of aliphatic carboxylic acids is 1. The first-order chi connectivity index (χ1) is 12.3. The molecule has 6 heteroatoms. The van der Waals surface area contributed by atoms with Gasteiger partial charge < -0.3 is 14.8 Å². The van der Waals surface area contributed by atoms with E-state index in [-0.39, 0.29) is 24.0 Å². The van der Waals surface area contributed by atoms with Crippen LogP contribution in [0, 0.1) is 11.8 Å². The second kappa shape index (κ2) is 8.47. The molecular weight excluding hydrogens is 334 g/mol. The lowest BCUT2D eigenvalue weighted by molar-refractivity contribution is -0.142. The highest BCUT2D eigenvalue weighted by atomic mass is 16.4. The van der Waals surface area contributed by atoms with Crippen LogP contribution in [0.15, 0.2) is 40.8 Å². The van der Waals surface area contributed by atoms with Gasteiger partial charge >= 0.3 is 5.97 Å². The van der Waals surface area contributed by atoms with Crippen LogP contribution in [0.5, 0.6) is 0 Å². The summed E-state index contributed by atoms with van der Waals surface area (Å²) in [7, 11) is 0. The maximum atomic E-state index is 12.2. The molecule has 1 atom stereocenters. The molecular formula is C20H23NO5. The molecule has 2 N–H and O–H groups in total. The molecule has 26 heavy (non-hydrogen) atoms. The summed E-state index contributed by atoms with van der Waals surface area (Å²) in [4.78, 5) is 34.8. The quantitative estimate of drug-likeness (QED) is 0.703. The Bertz CT molecular complexity index is 789. The van der Waals surface area contributed by atoms with Crippen LogP contribution < -0.4 is 5.32 Å². The smallest absolute Gasteiger partial charge is 0.308 e. The summed E-state index contributed by atoms with van der Waals surface area (Å²) in [6.07, 6.45) is 0.488. The number of amides is 1. The molecule has 1 aromatic heterocycles. The van der Waals surface area contributed by atoms with Crippen molar-refractivity contribution in [1.29, 1.82) is 0 Å². The van der Waals surface area contributed by atoms with Crippen LogP contribution in [-0.4, -0.2) is 29.3 Å². The average molecular weight is 357 g/mol. The highest BCUT2D eigenvalue weighted by Crippen LogP contribution is 2.23. The molecule has 6 nitrogen and oxygen atoms in total. The van der Waals surface area contributed by atoms with Gasteiger partial charge in [0, 0.05) is 17.7 Å². The monoisotopic (exact) mass is 357 g/mol. The van der Waals surface area contributed by atoms with Crippen LogP contribution in [0.1, 0.15) is 48.1 Å². The largest absolute Gasteiger partial charge is 0.481 e. The molecule has 0 aliphatic rings. The van der Waals surface area contributed by atoms with Crippen molar-refractivity contribution in [2.75, 3.05) is 6.54 Å². The third-order valence-electron chi connectivity index (χ3n) is 4.02. The third kappa shape index (κ3) is 5.05. The van der Waals surface area contributed by atoms with E-state index in [0.29, 0.717) is 17.7 Å².